The van der Waals surface area contributed by atoms with Crippen LogP contribution in [0.3, 0.4) is 0 Å². The van der Waals surface area contributed by atoms with Gasteiger partial charge in [0.25, 0.3) is 0 Å². The first-order valence-corrected chi connectivity index (χ1v) is 11.1. The van der Waals surface area contributed by atoms with Crippen LogP contribution >= 0.6 is 0 Å². The molecule has 2 amide bonds. The predicted octanol–water partition coefficient (Wildman–Crippen LogP) is 3.82. The van der Waals surface area contributed by atoms with E-state index in [4.69, 9.17) is 9.84 Å². The Morgan fingerprint density at radius 2 is 1.66 bits per heavy atom. The molecule has 0 unspecified atom stereocenters. The molecule has 2 aromatic carbocycles. The number of carbonyl (C=O) groups excluding carboxylic acids is 2. The molecule has 3 N–H and O–H groups in total. The zero-order chi connectivity index (χ0) is 22.7. The maximum atomic E-state index is 12.7. The summed E-state index contributed by atoms with van der Waals surface area (Å²) in [5.41, 5.74) is 3.85. The molecule has 0 spiro atoms. The lowest BCUT2D eigenvalue weighted by Gasteiger charge is -2.22. The number of benzene rings is 2. The first kappa shape index (κ1) is 21.9. The number of hydrogen-bond donors (Lipinski definition) is 3. The summed E-state index contributed by atoms with van der Waals surface area (Å²) < 4.78 is 5.55. The van der Waals surface area contributed by atoms with Gasteiger partial charge in [-0.3, -0.25) is 9.59 Å². The Hall–Kier alpha value is -3.35. The lowest BCUT2D eigenvalue weighted by Crippen LogP contribution is -2.51. The molecule has 7 nitrogen and oxygen atoms in total. The van der Waals surface area contributed by atoms with Crippen molar-refractivity contribution in [1.82, 2.24) is 10.6 Å². The monoisotopic (exact) mass is 436 g/mol. The first-order valence-electron chi connectivity index (χ1n) is 11.1. The van der Waals surface area contributed by atoms with Gasteiger partial charge >= 0.3 is 12.1 Å². The molecule has 1 saturated carbocycles. The Kier molecular flexibility index (Phi) is 6.17. The molecule has 1 atom stereocenters. The maximum Gasteiger partial charge on any atom is 0.407 e. The molecule has 4 rings (SSSR count). The van der Waals surface area contributed by atoms with Gasteiger partial charge in [-0.15, -0.1) is 0 Å². The summed E-state index contributed by atoms with van der Waals surface area (Å²) in [5, 5.41) is 14.6. The number of rotatable bonds is 9. The van der Waals surface area contributed by atoms with E-state index in [2.05, 4.69) is 22.8 Å². The summed E-state index contributed by atoms with van der Waals surface area (Å²) in [6.07, 6.45) is 1.64. The second kappa shape index (κ2) is 9.02. The molecule has 1 fully saturated rings. The zero-order valence-electron chi connectivity index (χ0n) is 18.1. The molecule has 0 heterocycles. The van der Waals surface area contributed by atoms with Gasteiger partial charge < -0.3 is 20.5 Å². The SMILES string of the molecule is CCC[C@@H](NC(=O)OCC1c2ccccc2-c2ccccc21)C(=O)NC1(CC(=O)O)CC1. The van der Waals surface area contributed by atoms with Crippen molar-refractivity contribution >= 4 is 18.0 Å². The van der Waals surface area contributed by atoms with Crippen LogP contribution in [0.5, 0.6) is 0 Å². The van der Waals surface area contributed by atoms with Crippen molar-refractivity contribution in [3.8, 4) is 11.1 Å². The molecule has 0 radical (unpaired) electrons. The van der Waals surface area contributed by atoms with Crippen molar-refractivity contribution in [2.75, 3.05) is 6.61 Å². The molecular weight excluding hydrogens is 408 g/mol. The molecule has 168 valence electrons. The number of carboxylic acids is 1. The van der Waals surface area contributed by atoms with Crippen LogP contribution in [0, 0.1) is 0 Å². The summed E-state index contributed by atoms with van der Waals surface area (Å²) in [4.78, 5) is 36.3. The van der Waals surface area contributed by atoms with E-state index in [9.17, 15) is 14.4 Å². The molecular formula is C25H28N2O5. The van der Waals surface area contributed by atoms with E-state index in [1.807, 2.05) is 43.3 Å². The number of hydrogen-bond acceptors (Lipinski definition) is 4. The van der Waals surface area contributed by atoms with Crippen LogP contribution in [0.15, 0.2) is 48.5 Å². The first-order chi connectivity index (χ1) is 15.4. The summed E-state index contributed by atoms with van der Waals surface area (Å²) in [6, 6.07) is 15.4. The number of amides is 2. The zero-order valence-corrected chi connectivity index (χ0v) is 18.1. The topological polar surface area (TPSA) is 105 Å². The summed E-state index contributed by atoms with van der Waals surface area (Å²) in [6.45, 7) is 2.09. The highest BCUT2D eigenvalue weighted by Gasteiger charge is 2.46. The van der Waals surface area contributed by atoms with Crippen LogP contribution in [0.25, 0.3) is 11.1 Å². The van der Waals surface area contributed by atoms with E-state index in [1.165, 1.54) is 0 Å². The fourth-order valence-electron chi connectivity index (χ4n) is 4.47. The molecule has 32 heavy (non-hydrogen) atoms. The van der Waals surface area contributed by atoms with E-state index in [0.29, 0.717) is 25.7 Å². The number of nitrogens with one attached hydrogen (secondary N) is 2. The lowest BCUT2D eigenvalue weighted by molar-refractivity contribution is -0.138. The van der Waals surface area contributed by atoms with Gasteiger partial charge in [0.05, 0.1) is 12.0 Å². The normalized spacial score (nSPS) is 16.4. The molecule has 0 aromatic heterocycles. The Morgan fingerprint density at radius 3 is 2.19 bits per heavy atom. The van der Waals surface area contributed by atoms with Crippen LogP contribution in [0.2, 0.25) is 0 Å². The lowest BCUT2D eigenvalue weighted by atomic mass is 9.98. The minimum absolute atomic E-state index is 0.0584. The highest BCUT2D eigenvalue weighted by Crippen LogP contribution is 2.44. The number of ether oxygens (including phenoxy) is 1. The van der Waals surface area contributed by atoms with Gasteiger partial charge in [-0.05, 0) is 41.5 Å². The van der Waals surface area contributed by atoms with E-state index in [-0.39, 0.29) is 24.9 Å². The maximum absolute atomic E-state index is 12.7. The molecule has 2 aromatic rings. The fourth-order valence-corrected chi connectivity index (χ4v) is 4.47. The Balaban J connectivity index is 1.38. The molecule has 2 aliphatic carbocycles. The quantitative estimate of drug-likeness (QED) is 0.554. The van der Waals surface area contributed by atoms with Crippen molar-refractivity contribution < 1.29 is 24.2 Å². The number of alkyl carbamates (subject to hydrolysis) is 1. The molecule has 2 aliphatic rings. The van der Waals surface area contributed by atoms with Crippen LogP contribution in [0.4, 0.5) is 4.79 Å². The van der Waals surface area contributed by atoms with Gasteiger partial charge in [-0.2, -0.15) is 0 Å². The van der Waals surface area contributed by atoms with E-state index >= 15 is 0 Å². The fraction of sp³-hybridized carbons (Fsp3) is 0.400. The summed E-state index contributed by atoms with van der Waals surface area (Å²) >= 11 is 0. The Labute approximate surface area is 187 Å². The van der Waals surface area contributed by atoms with E-state index < -0.39 is 23.6 Å². The van der Waals surface area contributed by atoms with Crippen molar-refractivity contribution in [3.63, 3.8) is 0 Å². The summed E-state index contributed by atoms with van der Waals surface area (Å²) in [7, 11) is 0. The van der Waals surface area contributed by atoms with E-state index in [1.54, 1.807) is 0 Å². The number of carboxylic acid groups (broad SMARTS) is 1. The van der Waals surface area contributed by atoms with E-state index in [0.717, 1.165) is 22.3 Å². The van der Waals surface area contributed by atoms with Gasteiger partial charge in [-0.25, -0.2) is 4.79 Å². The third kappa shape index (κ3) is 4.61. The predicted molar refractivity (Wildman–Crippen MR) is 119 cm³/mol. The largest absolute Gasteiger partial charge is 0.481 e. The molecule has 7 heteroatoms. The average molecular weight is 437 g/mol. The summed E-state index contributed by atoms with van der Waals surface area (Å²) in [5.74, 6) is -1.37. The Bertz CT molecular complexity index is 985. The Morgan fingerprint density at radius 1 is 1.06 bits per heavy atom. The van der Waals surface area contributed by atoms with Gasteiger partial charge in [0.2, 0.25) is 5.91 Å². The molecule has 0 bridgehead atoms. The van der Waals surface area contributed by atoms with Crippen molar-refractivity contribution in [2.45, 2.75) is 56.5 Å². The molecule has 0 saturated heterocycles. The minimum Gasteiger partial charge on any atom is -0.481 e. The molecule has 0 aliphatic heterocycles. The van der Waals surface area contributed by atoms with Crippen LogP contribution in [0.1, 0.15) is 56.1 Å². The third-order valence-corrected chi connectivity index (χ3v) is 6.26. The van der Waals surface area contributed by atoms with Crippen LogP contribution in [-0.4, -0.2) is 41.3 Å². The number of fused-ring (bicyclic) bond motifs is 3. The highest BCUT2D eigenvalue weighted by molar-refractivity contribution is 5.87. The van der Waals surface area contributed by atoms with Crippen molar-refractivity contribution in [1.29, 1.82) is 0 Å². The highest BCUT2D eigenvalue weighted by atomic mass is 16.5. The van der Waals surface area contributed by atoms with Crippen LogP contribution in [-0.2, 0) is 14.3 Å². The van der Waals surface area contributed by atoms with Gasteiger partial charge in [0.15, 0.2) is 0 Å². The smallest absolute Gasteiger partial charge is 0.407 e. The van der Waals surface area contributed by atoms with Crippen molar-refractivity contribution in [2.24, 2.45) is 0 Å². The second-order valence-electron chi connectivity index (χ2n) is 8.65. The number of aliphatic carboxylic acids is 1. The standard InChI is InChI=1S/C25H28N2O5/c1-2-7-21(23(30)27-25(12-13-25)14-22(28)29)26-24(31)32-15-20-18-10-5-3-8-16(18)17-9-4-6-11-19(17)20/h3-6,8-11,20-21H,2,7,12-15H2,1H3,(H,26,31)(H,27,30)(H,28,29)/t21-/m1/s1. The second-order valence-corrected chi connectivity index (χ2v) is 8.65. The number of carbonyl (C=O) groups is 3. The van der Waals surface area contributed by atoms with Gasteiger partial charge in [0.1, 0.15) is 12.6 Å². The van der Waals surface area contributed by atoms with Gasteiger partial charge in [0, 0.05) is 5.92 Å². The minimum atomic E-state index is -0.945. The third-order valence-electron chi connectivity index (χ3n) is 6.26. The van der Waals surface area contributed by atoms with Crippen LogP contribution < -0.4 is 10.6 Å². The average Bonchev–Trinajstić information content (AvgIpc) is 3.43. The van der Waals surface area contributed by atoms with Crippen molar-refractivity contribution in [3.05, 3.63) is 59.7 Å². The van der Waals surface area contributed by atoms with Gasteiger partial charge in [-0.1, -0.05) is 61.9 Å².